The van der Waals surface area contributed by atoms with E-state index in [-0.39, 0.29) is 11.6 Å². The molecule has 0 saturated heterocycles. The van der Waals surface area contributed by atoms with E-state index in [0.29, 0.717) is 17.3 Å². The second-order valence-electron chi connectivity index (χ2n) is 5.42. The Balaban J connectivity index is 2.14. The van der Waals surface area contributed by atoms with E-state index in [1.54, 1.807) is 6.07 Å². The minimum atomic E-state index is -0.568. The summed E-state index contributed by atoms with van der Waals surface area (Å²) in [6.07, 6.45) is 1.04. The van der Waals surface area contributed by atoms with Crippen LogP contribution >= 0.6 is 15.9 Å². The van der Waals surface area contributed by atoms with E-state index in [4.69, 9.17) is 5.73 Å². The summed E-state index contributed by atoms with van der Waals surface area (Å²) in [7, 11) is 0. The highest BCUT2D eigenvalue weighted by atomic mass is 79.9. The minimum absolute atomic E-state index is 0.271. The lowest BCUT2D eigenvalue weighted by molar-refractivity contribution is 0.460. The van der Waals surface area contributed by atoms with Gasteiger partial charge in [0, 0.05) is 10.0 Å². The Morgan fingerprint density at radius 1 is 1.00 bits per heavy atom. The van der Waals surface area contributed by atoms with Crippen molar-refractivity contribution in [3.05, 3.63) is 69.7 Å². The largest absolute Gasteiger partial charge is 0.325 e. The molecule has 4 heteroatoms. The van der Waals surface area contributed by atoms with Gasteiger partial charge in [-0.3, -0.25) is 0 Å². The van der Waals surface area contributed by atoms with Crippen LogP contribution < -0.4 is 5.73 Å². The number of hydrogen-bond donors (Lipinski definition) is 1. The standard InChI is InChI=1S/C16H16BrF2N/c1-16(20,9-11-3-2-4-14(18)6-11)10-12-5-13(17)8-15(19)7-12/h2-8H,9-10,20H2,1H3. The summed E-state index contributed by atoms with van der Waals surface area (Å²) in [5, 5.41) is 0. The van der Waals surface area contributed by atoms with Gasteiger partial charge in [-0.1, -0.05) is 28.1 Å². The second-order valence-corrected chi connectivity index (χ2v) is 6.33. The van der Waals surface area contributed by atoms with Crippen LogP contribution in [0.2, 0.25) is 0 Å². The summed E-state index contributed by atoms with van der Waals surface area (Å²) in [4.78, 5) is 0. The van der Waals surface area contributed by atoms with Crippen molar-refractivity contribution in [2.45, 2.75) is 25.3 Å². The van der Waals surface area contributed by atoms with Gasteiger partial charge in [0.1, 0.15) is 11.6 Å². The predicted molar refractivity (Wildman–Crippen MR) is 80.5 cm³/mol. The van der Waals surface area contributed by atoms with Crippen LogP contribution in [0.25, 0.3) is 0 Å². The molecule has 0 aliphatic carbocycles. The number of rotatable bonds is 4. The summed E-state index contributed by atoms with van der Waals surface area (Å²) in [6.45, 7) is 1.89. The lowest BCUT2D eigenvalue weighted by Crippen LogP contribution is -2.41. The SMILES string of the molecule is CC(N)(Cc1cccc(F)c1)Cc1cc(F)cc(Br)c1. The van der Waals surface area contributed by atoms with Gasteiger partial charge in [0.2, 0.25) is 0 Å². The van der Waals surface area contributed by atoms with Crippen LogP contribution in [-0.4, -0.2) is 5.54 Å². The van der Waals surface area contributed by atoms with E-state index in [2.05, 4.69) is 15.9 Å². The van der Waals surface area contributed by atoms with Crippen LogP contribution in [-0.2, 0) is 12.8 Å². The second kappa shape index (κ2) is 6.02. The molecule has 0 radical (unpaired) electrons. The first-order chi connectivity index (χ1) is 9.34. The quantitative estimate of drug-likeness (QED) is 0.886. The van der Waals surface area contributed by atoms with Crippen molar-refractivity contribution in [1.82, 2.24) is 0 Å². The molecule has 1 nitrogen and oxygen atoms in total. The molecular weight excluding hydrogens is 324 g/mol. The van der Waals surface area contributed by atoms with E-state index < -0.39 is 5.54 Å². The average molecular weight is 340 g/mol. The van der Waals surface area contributed by atoms with Crippen LogP contribution in [0.15, 0.2) is 46.9 Å². The van der Waals surface area contributed by atoms with E-state index in [9.17, 15) is 8.78 Å². The van der Waals surface area contributed by atoms with Crippen molar-refractivity contribution in [2.24, 2.45) is 5.73 Å². The first-order valence-corrected chi connectivity index (χ1v) is 7.12. The van der Waals surface area contributed by atoms with E-state index in [1.807, 2.05) is 19.1 Å². The minimum Gasteiger partial charge on any atom is -0.325 e. The summed E-state index contributed by atoms with van der Waals surface area (Å²) >= 11 is 3.27. The Bertz CT molecular complexity index is 591. The molecule has 2 aromatic rings. The van der Waals surface area contributed by atoms with Crippen molar-refractivity contribution in [2.75, 3.05) is 0 Å². The lowest BCUT2D eigenvalue weighted by Gasteiger charge is -2.25. The molecule has 0 saturated carbocycles. The van der Waals surface area contributed by atoms with E-state index in [0.717, 1.165) is 11.1 Å². The first-order valence-electron chi connectivity index (χ1n) is 6.32. The molecule has 0 aliphatic rings. The van der Waals surface area contributed by atoms with Crippen LogP contribution in [0, 0.1) is 11.6 Å². The third-order valence-corrected chi connectivity index (χ3v) is 3.49. The molecule has 0 amide bonds. The van der Waals surface area contributed by atoms with Gasteiger partial charge in [0.25, 0.3) is 0 Å². The molecule has 0 spiro atoms. The fourth-order valence-electron chi connectivity index (χ4n) is 2.36. The summed E-state index contributed by atoms with van der Waals surface area (Å²) in [5.74, 6) is -0.567. The van der Waals surface area contributed by atoms with E-state index in [1.165, 1.54) is 24.3 Å². The molecule has 0 heterocycles. The molecule has 2 aromatic carbocycles. The first kappa shape index (κ1) is 15.1. The van der Waals surface area contributed by atoms with Crippen LogP contribution in [0.4, 0.5) is 8.78 Å². The molecule has 106 valence electrons. The number of hydrogen-bond acceptors (Lipinski definition) is 1. The monoisotopic (exact) mass is 339 g/mol. The van der Waals surface area contributed by atoms with Gasteiger partial charge >= 0.3 is 0 Å². The molecule has 0 fully saturated rings. The molecule has 20 heavy (non-hydrogen) atoms. The molecule has 2 N–H and O–H groups in total. The molecule has 0 aliphatic heterocycles. The lowest BCUT2D eigenvalue weighted by atomic mass is 9.87. The molecule has 2 rings (SSSR count). The zero-order chi connectivity index (χ0) is 14.8. The van der Waals surface area contributed by atoms with Crippen molar-refractivity contribution in [3.63, 3.8) is 0 Å². The Kier molecular flexibility index (Phi) is 4.55. The highest BCUT2D eigenvalue weighted by Crippen LogP contribution is 2.21. The summed E-state index contributed by atoms with van der Waals surface area (Å²) in [5.41, 5.74) is 7.36. The Hall–Kier alpha value is -1.26. The maximum absolute atomic E-state index is 13.4. The number of nitrogens with two attached hydrogens (primary N) is 1. The molecule has 1 unspecified atom stereocenters. The van der Waals surface area contributed by atoms with Crippen molar-refractivity contribution < 1.29 is 8.78 Å². The zero-order valence-corrected chi connectivity index (χ0v) is 12.8. The maximum Gasteiger partial charge on any atom is 0.124 e. The third kappa shape index (κ3) is 4.39. The van der Waals surface area contributed by atoms with Crippen molar-refractivity contribution in [1.29, 1.82) is 0 Å². The van der Waals surface area contributed by atoms with Crippen LogP contribution in [0.1, 0.15) is 18.1 Å². The zero-order valence-electron chi connectivity index (χ0n) is 11.2. The molecule has 1 atom stereocenters. The number of benzene rings is 2. The fraction of sp³-hybridized carbons (Fsp3) is 0.250. The van der Waals surface area contributed by atoms with Gasteiger partial charge in [-0.2, -0.15) is 0 Å². The van der Waals surface area contributed by atoms with Gasteiger partial charge < -0.3 is 5.73 Å². The predicted octanol–water partition coefficient (Wildman–Crippen LogP) is 4.23. The van der Waals surface area contributed by atoms with Crippen LogP contribution in [0.3, 0.4) is 0 Å². The van der Waals surface area contributed by atoms with Crippen LogP contribution in [0.5, 0.6) is 0 Å². The topological polar surface area (TPSA) is 26.0 Å². The Labute approximate surface area is 125 Å². The highest BCUT2D eigenvalue weighted by molar-refractivity contribution is 9.10. The molecular formula is C16H16BrF2N. The summed E-state index contributed by atoms with van der Waals surface area (Å²) < 4.78 is 27.2. The smallest absolute Gasteiger partial charge is 0.124 e. The normalized spacial score (nSPS) is 14.1. The highest BCUT2D eigenvalue weighted by Gasteiger charge is 2.20. The van der Waals surface area contributed by atoms with Crippen molar-refractivity contribution in [3.8, 4) is 0 Å². The maximum atomic E-state index is 13.4. The summed E-state index contributed by atoms with van der Waals surface area (Å²) in [6, 6.07) is 11.1. The third-order valence-electron chi connectivity index (χ3n) is 3.03. The average Bonchev–Trinajstić information content (AvgIpc) is 2.25. The fourth-order valence-corrected chi connectivity index (χ4v) is 2.87. The Morgan fingerprint density at radius 2 is 1.65 bits per heavy atom. The van der Waals surface area contributed by atoms with Gasteiger partial charge in [-0.15, -0.1) is 0 Å². The van der Waals surface area contributed by atoms with Gasteiger partial charge in [-0.05, 0) is 61.2 Å². The molecule has 0 bridgehead atoms. The van der Waals surface area contributed by atoms with Gasteiger partial charge in [-0.25, -0.2) is 8.78 Å². The molecule has 0 aromatic heterocycles. The Morgan fingerprint density at radius 3 is 2.30 bits per heavy atom. The van der Waals surface area contributed by atoms with Crippen molar-refractivity contribution >= 4 is 15.9 Å². The van der Waals surface area contributed by atoms with E-state index >= 15 is 0 Å². The number of halogens is 3. The van der Waals surface area contributed by atoms with Gasteiger partial charge in [0.15, 0.2) is 0 Å². The van der Waals surface area contributed by atoms with Gasteiger partial charge in [0.05, 0.1) is 0 Å².